The molecular formula is C14H10ClN5O. The van der Waals surface area contributed by atoms with Gasteiger partial charge in [0.1, 0.15) is 5.52 Å². The molecule has 4 aromatic heterocycles. The number of aromatic nitrogens is 5. The summed E-state index contributed by atoms with van der Waals surface area (Å²) in [5.74, 6) is 0.448. The zero-order valence-corrected chi connectivity index (χ0v) is 11.8. The van der Waals surface area contributed by atoms with Crippen LogP contribution >= 0.6 is 11.6 Å². The van der Waals surface area contributed by atoms with E-state index in [1.165, 1.54) is 0 Å². The number of rotatable bonds is 2. The highest BCUT2D eigenvalue weighted by molar-refractivity contribution is 6.28. The Bertz CT molecular complexity index is 958. The van der Waals surface area contributed by atoms with Crippen molar-refractivity contribution in [2.45, 2.75) is 0 Å². The van der Waals surface area contributed by atoms with Gasteiger partial charge in [-0.1, -0.05) is 0 Å². The van der Waals surface area contributed by atoms with E-state index in [1.54, 1.807) is 17.8 Å². The molecule has 0 aliphatic heterocycles. The first-order valence-electron chi connectivity index (χ1n) is 6.29. The first-order chi connectivity index (χ1) is 10.3. The minimum Gasteiger partial charge on any atom is -0.479 e. The molecule has 0 bridgehead atoms. The van der Waals surface area contributed by atoms with E-state index in [0.717, 1.165) is 22.2 Å². The van der Waals surface area contributed by atoms with Crippen LogP contribution in [0.4, 0.5) is 0 Å². The van der Waals surface area contributed by atoms with Gasteiger partial charge >= 0.3 is 0 Å². The molecular weight excluding hydrogens is 290 g/mol. The lowest BCUT2D eigenvalue weighted by atomic mass is 10.1. The van der Waals surface area contributed by atoms with Crippen LogP contribution in [-0.4, -0.2) is 31.3 Å². The Labute approximate surface area is 124 Å². The average Bonchev–Trinajstić information content (AvgIpc) is 3.11. The van der Waals surface area contributed by atoms with Gasteiger partial charge in [0.05, 0.1) is 12.6 Å². The molecule has 0 N–H and O–H groups in total. The summed E-state index contributed by atoms with van der Waals surface area (Å²) in [7, 11) is 1.57. The maximum atomic E-state index is 5.89. The van der Waals surface area contributed by atoms with Crippen molar-refractivity contribution < 1.29 is 4.74 Å². The van der Waals surface area contributed by atoms with Gasteiger partial charge in [0, 0.05) is 24.2 Å². The number of hydrogen-bond acceptors (Lipinski definition) is 4. The molecule has 6 nitrogen and oxygen atoms in total. The van der Waals surface area contributed by atoms with Crippen molar-refractivity contribution in [1.82, 2.24) is 24.2 Å². The van der Waals surface area contributed by atoms with Crippen LogP contribution in [0.5, 0.6) is 5.88 Å². The molecule has 0 saturated carbocycles. The van der Waals surface area contributed by atoms with E-state index < -0.39 is 0 Å². The number of halogens is 1. The molecule has 0 aliphatic rings. The Morgan fingerprint density at radius 1 is 1.14 bits per heavy atom. The first-order valence-corrected chi connectivity index (χ1v) is 6.67. The SMILES string of the molecule is COc1nc(Cl)nn2ccc(-c3ccn4nccc4c3)c12. The second-order valence-electron chi connectivity index (χ2n) is 4.53. The van der Waals surface area contributed by atoms with Crippen LogP contribution < -0.4 is 4.74 Å². The maximum Gasteiger partial charge on any atom is 0.244 e. The summed E-state index contributed by atoms with van der Waals surface area (Å²) in [6.45, 7) is 0. The van der Waals surface area contributed by atoms with Crippen LogP contribution in [0, 0.1) is 0 Å². The molecule has 0 spiro atoms. The predicted octanol–water partition coefficient (Wildman–Crippen LogP) is 2.71. The fraction of sp³-hybridized carbons (Fsp3) is 0.0714. The molecule has 4 aromatic rings. The van der Waals surface area contributed by atoms with Gasteiger partial charge in [-0.25, -0.2) is 9.03 Å². The zero-order valence-electron chi connectivity index (χ0n) is 11.1. The molecule has 0 aliphatic carbocycles. The van der Waals surface area contributed by atoms with Crippen molar-refractivity contribution in [2.75, 3.05) is 7.11 Å². The highest BCUT2D eigenvalue weighted by Crippen LogP contribution is 2.31. The van der Waals surface area contributed by atoms with Crippen LogP contribution in [0.3, 0.4) is 0 Å². The Morgan fingerprint density at radius 3 is 2.86 bits per heavy atom. The van der Waals surface area contributed by atoms with Crippen molar-refractivity contribution in [1.29, 1.82) is 0 Å². The quantitative estimate of drug-likeness (QED) is 0.571. The van der Waals surface area contributed by atoms with Gasteiger partial charge in [-0.2, -0.15) is 10.1 Å². The van der Waals surface area contributed by atoms with Crippen molar-refractivity contribution in [3.8, 4) is 17.0 Å². The maximum absolute atomic E-state index is 5.89. The van der Waals surface area contributed by atoms with Gasteiger partial charge in [-0.3, -0.25) is 0 Å². The fourth-order valence-corrected chi connectivity index (χ4v) is 2.59. The summed E-state index contributed by atoms with van der Waals surface area (Å²) in [4.78, 5) is 4.12. The lowest BCUT2D eigenvalue weighted by Crippen LogP contribution is -1.98. The molecule has 104 valence electrons. The van der Waals surface area contributed by atoms with E-state index in [-0.39, 0.29) is 5.28 Å². The summed E-state index contributed by atoms with van der Waals surface area (Å²) < 4.78 is 8.81. The number of methoxy groups -OCH3 is 1. The minimum atomic E-state index is 0.146. The molecule has 4 heterocycles. The van der Waals surface area contributed by atoms with Crippen molar-refractivity contribution in [2.24, 2.45) is 0 Å². The van der Waals surface area contributed by atoms with Crippen LogP contribution in [-0.2, 0) is 0 Å². The van der Waals surface area contributed by atoms with E-state index in [0.29, 0.717) is 5.88 Å². The fourth-order valence-electron chi connectivity index (χ4n) is 2.43. The molecule has 0 fully saturated rings. The van der Waals surface area contributed by atoms with Gasteiger partial charge in [0.25, 0.3) is 0 Å². The third-order valence-electron chi connectivity index (χ3n) is 3.36. The number of nitrogens with zero attached hydrogens (tertiary/aromatic N) is 5. The number of pyridine rings is 1. The van der Waals surface area contributed by atoms with E-state index in [2.05, 4.69) is 21.2 Å². The van der Waals surface area contributed by atoms with Gasteiger partial charge in [-0.15, -0.1) is 5.10 Å². The van der Waals surface area contributed by atoms with Gasteiger partial charge in [0.15, 0.2) is 0 Å². The lowest BCUT2D eigenvalue weighted by Gasteiger charge is -2.06. The molecule has 0 saturated heterocycles. The van der Waals surface area contributed by atoms with E-state index in [4.69, 9.17) is 16.3 Å². The number of ether oxygens (including phenoxy) is 1. The summed E-state index contributed by atoms with van der Waals surface area (Å²) in [6.07, 6.45) is 5.51. The van der Waals surface area contributed by atoms with Crippen molar-refractivity contribution >= 4 is 22.6 Å². The third kappa shape index (κ3) is 1.84. The molecule has 7 heteroatoms. The monoisotopic (exact) mass is 299 g/mol. The van der Waals surface area contributed by atoms with Crippen molar-refractivity contribution in [3.63, 3.8) is 0 Å². The minimum absolute atomic E-state index is 0.146. The second kappa shape index (κ2) is 4.46. The van der Waals surface area contributed by atoms with E-state index >= 15 is 0 Å². The lowest BCUT2D eigenvalue weighted by molar-refractivity contribution is 0.399. The molecule has 0 atom stereocenters. The Kier molecular flexibility index (Phi) is 2.58. The average molecular weight is 300 g/mol. The molecule has 21 heavy (non-hydrogen) atoms. The van der Waals surface area contributed by atoms with Crippen LogP contribution in [0.25, 0.3) is 22.2 Å². The molecule has 0 unspecified atom stereocenters. The second-order valence-corrected chi connectivity index (χ2v) is 4.87. The van der Waals surface area contributed by atoms with Crippen LogP contribution in [0.15, 0.2) is 42.9 Å². The largest absolute Gasteiger partial charge is 0.479 e. The molecule has 0 amide bonds. The molecule has 4 rings (SSSR count). The smallest absolute Gasteiger partial charge is 0.244 e. The first kappa shape index (κ1) is 12.2. The van der Waals surface area contributed by atoms with Gasteiger partial charge < -0.3 is 4.74 Å². The Morgan fingerprint density at radius 2 is 2.00 bits per heavy atom. The van der Waals surface area contributed by atoms with Crippen LogP contribution in [0.2, 0.25) is 5.28 Å². The van der Waals surface area contributed by atoms with E-state index in [9.17, 15) is 0 Å². The van der Waals surface area contributed by atoms with Crippen molar-refractivity contribution in [3.05, 3.63) is 48.1 Å². The summed E-state index contributed by atoms with van der Waals surface area (Å²) in [6, 6.07) is 7.96. The highest BCUT2D eigenvalue weighted by Gasteiger charge is 2.14. The number of hydrogen-bond donors (Lipinski definition) is 0. The Balaban J connectivity index is 2.01. The summed E-state index contributed by atoms with van der Waals surface area (Å²) in [5, 5.41) is 8.50. The Hall–Kier alpha value is -2.60. The van der Waals surface area contributed by atoms with E-state index in [1.807, 2.05) is 35.1 Å². The molecule has 0 radical (unpaired) electrons. The predicted molar refractivity (Wildman–Crippen MR) is 78.7 cm³/mol. The van der Waals surface area contributed by atoms with Crippen LogP contribution in [0.1, 0.15) is 0 Å². The summed E-state index contributed by atoms with van der Waals surface area (Å²) >= 11 is 5.89. The van der Waals surface area contributed by atoms with Gasteiger partial charge in [0.2, 0.25) is 11.2 Å². The number of fused-ring (bicyclic) bond motifs is 2. The third-order valence-corrected chi connectivity index (χ3v) is 3.52. The normalized spacial score (nSPS) is 11.3. The van der Waals surface area contributed by atoms with Gasteiger partial charge in [-0.05, 0) is 41.4 Å². The standard InChI is InChI=1S/C14H10ClN5O/c1-21-13-12-11(4-7-20(12)18-14(15)17-13)9-3-6-19-10(8-9)2-5-16-19/h2-8H,1H3. The summed E-state index contributed by atoms with van der Waals surface area (Å²) in [5.41, 5.74) is 3.81. The topological polar surface area (TPSA) is 56.7 Å². The zero-order chi connectivity index (χ0) is 14.4. The molecule has 0 aromatic carbocycles. The highest BCUT2D eigenvalue weighted by atomic mass is 35.5.